The molecule has 1 atom stereocenters. The summed E-state index contributed by atoms with van der Waals surface area (Å²) in [6.45, 7) is 5.68. The molecule has 1 aromatic carbocycles. The van der Waals surface area contributed by atoms with E-state index in [2.05, 4.69) is 24.5 Å². The molecular weight excluding hydrogens is 240 g/mol. The molecule has 0 heterocycles. The predicted molar refractivity (Wildman–Crippen MR) is 78.3 cm³/mol. The highest BCUT2D eigenvalue weighted by molar-refractivity contribution is 5.91. The van der Waals surface area contributed by atoms with Crippen molar-refractivity contribution in [2.75, 3.05) is 25.6 Å². The lowest BCUT2D eigenvalue weighted by Gasteiger charge is -2.17. The molecule has 2 N–H and O–H groups in total. The smallest absolute Gasteiger partial charge is 0.224 e. The van der Waals surface area contributed by atoms with E-state index in [4.69, 9.17) is 4.74 Å². The molecule has 19 heavy (non-hydrogen) atoms. The maximum absolute atomic E-state index is 11.8. The van der Waals surface area contributed by atoms with Crippen molar-refractivity contribution in [3.8, 4) is 0 Å². The lowest BCUT2D eigenvalue weighted by molar-refractivity contribution is -0.116. The van der Waals surface area contributed by atoms with Gasteiger partial charge < -0.3 is 15.4 Å². The minimum atomic E-state index is 0.0354. The number of anilines is 1. The summed E-state index contributed by atoms with van der Waals surface area (Å²) in [7, 11) is 1.64. The van der Waals surface area contributed by atoms with Crippen LogP contribution >= 0.6 is 0 Å². The number of benzene rings is 1. The first-order valence-electron chi connectivity index (χ1n) is 6.80. The first-order chi connectivity index (χ1) is 9.19. The zero-order valence-electron chi connectivity index (χ0n) is 12.0. The summed E-state index contributed by atoms with van der Waals surface area (Å²) >= 11 is 0. The standard InChI is InChI=1S/C15H24N2O2/c1-4-16-12(2)13-8-5-6-9-14(13)17-15(18)10-7-11-19-3/h5-6,8-9,12,16H,4,7,10-11H2,1-3H3,(H,17,18). The molecule has 0 aromatic heterocycles. The first-order valence-corrected chi connectivity index (χ1v) is 6.80. The van der Waals surface area contributed by atoms with Crippen molar-refractivity contribution in [1.82, 2.24) is 5.32 Å². The molecule has 0 spiro atoms. The maximum Gasteiger partial charge on any atom is 0.224 e. The summed E-state index contributed by atoms with van der Waals surface area (Å²) in [5.74, 6) is 0.0354. The predicted octanol–water partition coefficient (Wildman–Crippen LogP) is 2.72. The second kappa shape index (κ2) is 8.67. The molecule has 1 rings (SSSR count). The van der Waals surface area contributed by atoms with Gasteiger partial charge in [0, 0.05) is 31.9 Å². The van der Waals surface area contributed by atoms with Crippen LogP contribution in [-0.2, 0) is 9.53 Å². The minimum absolute atomic E-state index is 0.0354. The Morgan fingerprint density at radius 3 is 2.79 bits per heavy atom. The van der Waals surface area contributed by atoms with Crippen LogP contribution in [0.5, 0.6) is 0 Å². The van der Waals surface area contributed by atoms with E-state index in [-0.39, 0.29) is 11.9 Å². The summed E-state index contributed by atoms with van der Waals surface area (Å²) < 4.78 is 4.95. The molecule has 0 saturated carbocycles. The van der Waals surface area contributed by atoms with Crippen LogP contribution in [0, 0.1) is 0 Å². The third-order valence-electron chi connectivity index (χ3n) is 2.96. The molecule has 1 aromatic rings. The summed E-state index contributed by atoms with van der Waals surface area (Å²) in [6, 6.07) is 8.13. The summed E-state index contributed by atoms with van der Waals surface area (Å²) in [5.41, 5.74) is 2.00. The number of hydrogen-bond acceptors (Lipinski definition) is 3. The van der Waals surface area contributed by atoms with Gasteiger partial charge in [0.2, 0.25) is 5.91 Å². The zero-order chi connectivity index (χ0) is 14.1. The van der Waals surface area contributed by atoms with E-state index in [1.54, 1.807) is 7.11 Å². The number of carbonyl (C=O) groups excluding carboxylic acids is 1. The Hall–Kier alpha value is -1.39. The molecular formula is C15H24N2O2. The molecule has 4 heteroatoms. The summed E-state index contributed by atoms with van der Waals surface area (Å²) in [5, 5.41) is 6.33. The van der Waals surface area contributed by atoms with E-state index in [1.165, 1.54) is 0 Å². The molecule has 4 nitrogen and oxygen atoms in total. The summed E-state index contributed by atoms with van der Waals surface area (Å²) in [6.07, 6.45) is 1.23. The van der Waals surface area contributed by atoms with Gasteiger partial charge in [-0.3, -0.25) is 4.79 Å². The largest absolute Gasteiger partial charge is 0.385 e. The van der Waals surface area contributed by atoms with Gasteiger partial charge in [0.25, 0.3) is 0 Å². The molecule has 0 bridgehead atoms. The Morgan fingerprint density at radius 2 is 2.11 bits per heavy atom. The fourth-order valence-corrected chi connectivity index (χ4v) is 1.99. The number of methoxy groups -OCH3 is 1. The van der Waals surface area contributed by atoms with Gasteiger partial charge in [-0.2, -0.15) is 0 Å². The molecule has 1 unspecified atom stereocenters. The van der Waals surface area contributed by atoms with Crippen LogP contribution in [0.3, 0.4) is 0 Å². The van der Waals surface area contributed by atoms with Gasteiger partial charge in [-0.1, -0.05) is 25.1 Å². The second-order valence-corrected chi connectivity index (χ2v) is 4.51. The summed E-state index contributed by atoms with van der Waals surface area (Å²) in [4.78, 5) is 11.8. The van der Waals surface area contributed by atoms with Crippen LogP contribution in [0.1, 0.15) is 38.3 Å². The monoisotopic (exact) mass is 264 g/mol. The molecule has 0 radical (unpaired) electrons. The van der Waals surface area contributed by atoms with Crippen LogP contribution in [0.4, 0.5) is 5.69 Å². The first kappa shape index (κ1) is 15.7. The van der Waals surface area contributed by atoms with Crippen molar-refractivity contribution in [2.24, 2.45) is 0 Å². The number of carbonyl (C=O) groups is 1. The van der Waals surface area contributed by atoms with Gasteiger partial charge in [0.1, 0.15) is 0 Å². The van der Waals surface area contributed by atoms with Crippen molar-refractivity contribution < 1.29 is 9.53 Å². The Kier molecular flexibility index (Phi) is 7.15. The van der Waals surface area contributed by atoms with Crippen LogP contribution in [0.2, 0.25) is 0 Å². The zero-order valence-corrected chi connectivity index (χ0v) is 12.0. The molecule has 0 aliphatic carbocycles. The number of ether oxygens (including phenoxy) is 1. The van der Waals surface area contributed by atoms with Gasteiger partial charge >= 0.3 is 0 Å². The van der Waals surface area contributed by atoms with E-state index >= 15 is 0 Å². The Bertz CT molecular complexity index is 393. The van der Waals surface area contributed by atoms with Gasteiger partial charge in [-0.05, 0) is 31.5 Å². The number of rotatable bonds is 8. The molecule has 0 saturated heterocycles. The molecule has 0 fully saturated rings. The van der Waals surface area contributed by atoms with Crippen LogP contribution < -0.4 is 10.6 Å². The Labute approximate surface area is 115 Å². The number of para-hydroxylation sites is 1. The quantitative estimate of drug-likeness (QED) is 0.710. The Morgan fingerprint density at radius 1 is 1.37 bits per heavy atom. The SMILES string of the molecule is CCNC(C)c1ccccc1NC(=O)CCCOC. The number of nitrogens with one attached hydrogen (secondary N) is 2. The molecule has 0 aliphatic rings. The van der Waals surface area contributed by atoms with E-state index in [9.17, 15) is 4.79 Å². The fourth-order valence-electron chi connectivity index (χ4n) is 1.99. The molecule has 106 valence electrons. The van der Waals surface area contributed by atoms with Crippen molar-refractivity contribution in [1.29, 1.82) is 0 Å². The third kappa shape index (κ3) is 5.41. The maximum atomic E-state index is 11.8. The third-order valence-corrected chi connectivity index (χ3v) is 2.96. The van der Waals surface area contributed by atoms with Crippen molar-refractivity contribution in [2.45, 2.75) is 32.7 Å². The lowest BCUT2D eigenvalue weighted by atomic mass is 10.1. The van der Waals surface area contributed by atoms with Crippen molar-refractivity contribution >= 4 is 11.6 Å². The molecule has 1 amide bonds. The van der Waals surface area contributed by atoms with Crippen molar-refractivity contribution in [3.63, 3.8) is 0 Å². The fraction of sp³-hybridized carbons (Fsp3) is 0.533. The topological polar surface area (TPSA) is 50.4 Å². The van der Waals surface area contributed by atoms with E-state index in [1.807, 2.05) is 24.3 Å². The number of amides is 1. The average Bonchev–Trinajstić information content (AvgIpc) is 2.40. The van der Waals surface area contributed by atoms with Gasteiger partial charge in [-0.15, -0.1) is 0 Å². The van der Waals surface area contributed by atoms with E-state index in [0.717, 1.165) is 24.2 Å². The highest BCUT2D eigenvalue weighted by Crippen LogP contribution is 2.22. The minimum Gasteiger partial charge on any atom is -0.385 e. The highest BCUT2D eigenvalue weighted by atomic mass is 16.5. The highest BCUT2D eigenvalue weighted by Gasteiger charge is 2.11. The number of hydrogen-bond donors (Lipinski definition) is 2. The normalized spacial score (nSPS) is 12.2. The van der Waals surface area contributed by atoms with Gasteiger partial charge in [0.05, 0.1) is 0 Å². The lowest BCUT2D eigenvalue weighted by Crippen LogP contribution is -2.20. The van der Waals surface area contributed by atoms with E-state index in [0.29, 0.717) is 13.0 Å². The van der Waals surface area contributed by atoms with Crippen LogP contribution in [0.25, 0.3) is 0 Å². The van der Waals surface area contributed by atoms with Crippen LogP contribution in [-0.4, -0.2) is 26.2 Å². The second-order valence-electron chi connectivity index (χ2n) is 4.51. The molecule has 0 aliphatic heterocycles. The average molecular weight is 264 g/mol. The van der Waals surface area contributed by atoms with Crippen molar-refractivity contribution in [3.05, 3.63) is 29.8 Å². The van der Waals surface area contributed by atoms with Gasteiger partial charge in [-0.25, -0.2) is 0 Å². The van der Waals surface area contributed by atoms with E-state index < -0.39 is 0 Å². The van der Waals surface area contributed by atoms with Gasteiger partial charge in [0.15, 0.2) is 0 Å². The Balaban J connectivity index is 2.64. The van der Waals surface area contributed by atoms with Crippen LogP contribution in [0.15, 0.2) is 24.3 Å².